The Morgan fingerprint density at radius 1 is 0.818 bits per heavy atom. The van der Waals surface area contributed by atoms with Crippen LogP contribution in [0.4, 0.5) is 0 Å². The molecule has 2 rings (SSSR count). The highest BCUT2D eigenvalue weighted by Crippen LogP contribution is 2.40. The van der Waals surface area contributed by atoms with E-state index in [9.17, 15) is 0 Å². The molecular weight excluding hydrogens is 302 g/mol. The van der Waals surface area contributed by atoms with Crippen molar-refractivity contribution in [1.82, 2.24) is 0 Å². The second-order valence-electron chi connectivity index (χ2n) is 4.60. The maximum atomic E-state index is 5.65. The third kappa shape index (κ3) is 3.64. The molecule has 5 heteroatoms. The van der Waals surface area contributed by atoms with E-state index in [0.29, 0.717) is 6.54 Å². The Morgan fingerprint density at radius 2 is 1.45 bits per heavy atom. The average Bonchev–Trinajstić information content (AvgIpc) is 2.54. The molecule has 2 aromatic rings. The molecule has 0 aliphatic rings. The summed E-state index contributed by atoms with van der Waals surface area (Å²) in [4.78, 5) is 0. The van der Waals surface area contributed by atoms with Crippen molar-refractivity contribution < 1.29 is 14.2 Å². The summed E-state index contributed by atoms with van der Waals surface area (Å²) in [5.74, 6) is 2.38. The van der Waals surface area contributed by atoms with Gasteiger partial charge in [0.25, 0.3) is 0 Å². The Balaban J connectivity index is 0.00000242. The van der Waals surface area contributed by atoms with Gasteiger partial charge < -0.3 is 19.9 Å². The normalized spacial score (nSPS) is 9.82. The van der Waals surface area contributed by atoms with Crippen molar-refractivity contribution in [2.45, 2.75) is 6.42 Å². The number of benzene rings is 2. The molecule has 4 nitrogen and oxygen atoms in total. The van der Waals surface area contributed by atoms with Crippen LogP contribution in [-0.4, -0.2) is 27.9 Å². The van der Waals surface area contributed by atoms with Crippen LogP contribution >= 0.6 is 12.4 Å². The van der Waals surface area contributed by atoms with E-state index in [-0.39, 0.29) is 12.4 Å². The zero-order valence-electron chi connectivity index (χ0n) is 13.1. The van der Waals surface area contributed by atoms with E-state index in [1.165, 1.54) is 0 Å². The van der Waals surface area contributed by atoms with Gasteiger partial charge in [-0.15, -0.1) is 12.4 Å². The summed E-state index contributed by atoms with van der Waals surface area (Å²) in [6, 6.07) is 11.8. The van der Waals surface area contributed by atoms with Crippen molar-refractivity contribution in [2.24, 2.45) is 5.73 Å². The smallest absolute Gasteiger partial charge is 0.127 e. The van der Waals surface area contributed by atoms with Gasteiger partial charge in [0.15, 0.2) is 0 Å². The fourth-order valence-electron chi connectivity index (χ4n) is 2.39. The number of para-hydroxylation sites is 1. The zero-order valence-corrected chi connectivity index (χ0v) is 13.9. The Labute approximate surface area is 137 Å². The van der Waals surface area contributed by atoms with Crippen LogP contribution in [0.15, 0.2) is 36.4 Å². The van der Waals surface area contributed by atoms with E-state index in [1.54, 1.807) is 21.3 Å². The fourth-order valence-corrected chi connectivity index (χ4v) is 2.39. The minimum absolute atomic E-state index is 0. The van der Waals surface area contributed by atoms with Gasteiger partial charge in [0.1, 0.15) is 17.2 Å². The molecule has 120 valence electrons. The van der Waals surface area contributed by atoms with E-state index in [4.69, 9.17) is 19.9 Å². The Morgan fingerprint density at radius 3 is 2.05 bits per heavy atom. The molecule has 2 aromatic carbocycles. The fraction of sp³-hybridized carbons (Fsp3) is 0.294. The lowest BCUT2D eigenvalue weighted by atomic mass is 9.99. The van der Waals surface area contributed by atoms with E-state index < -0.39 is 0 Å². The molecule has 22 heavy (non-hydrogen) atoms. The first kappa shape index (κ1) is 18.1. The summed E-state index contributed by atoms with van der Waals surface area (Å²) in [5, 5.41) is 0. The van der Waals surface area contributed by atoms with Gasteiger partial charge in [-0.05, 0) is 36.7 Å². The summed E-state index contributed by atoms with van der Waals surface area (Å²) >= 11 is 0. The van der Waals surface area contributed by atoms with Crippen LogP contribution in [0, 0.1) is 0 Å². The summed E-state index contributed by atoms with van der Waals surface area (Å²) < 4.78 is 16.4. The minimum Gasteiger partial charge on any atom is -0.496 e. The Hall–Kier alpha value is -1.91. The number of hydrogen-bond donors (Lipinski definition) is 1. The number of halogens is 1. The van der Waals surface area contributed by atoms with Gasteiger partial charge in [-0.2, -0.15) is 0 Å². The molecule has 2 N–H and O–H groups in total. The van der Waals surface area contributed by atoms with Gasteiger partial charge in [0.2, 0.25) is 0 Å². The molecule has 0 fully saturated rings. The lowest BCUT2D eigenvalue weighted by Gasteiger charge is -2.16. The summed E-state index contributed by atoms with van der Waals surface area (Å²) in [6.07, 6.45) is 0.742. The first-order valence-electron chi connectivity index (χ1n) is 6.83. The van der Waals surface area contributed by atoms with Crippen LogP contribution in [0.25, 0.3) is 11.1 Å². The third-order valence-corrected chi connectivity index (χ3v) is 3.41. The van der Waals surface area contributed by atoms with Crippen LogP contribution in [-0.2, 0) is 6.42 Å². The second kappa shape index (κ2) is 8.51. The van der Waals surface area contributed by atoms with Crippen LogP contribution in [0.2, 0.25) is 0 Å². The highest BCUT2D eigenvalue weighted by Gasteiger charge is 2.15. The van der Waals surface area contributed by atoms with E-state index >= 15 is 0 Å². The van der Waals surface area contributed by atoms with E-state index in [0.717, 1.165) is 40.4 Å². The number of nitrogens with two attached hydrogens (primary N) is 1. The van der Waals surface area contributed by atoms with Crippen molar-refractivity contribution in [3.05, 3.63) is 42.0 Å². The summed E-state index contributed by atoms with van der Waals surface area (Å²) in [6.45, 7) is 0.563. The lowest BCUT2D eigenvalue weighted by molar-refractivity contribution is 0.398. The predicted molar refractivity (Wildman–Crippen MR) is 91.5 cm³/mol. The molecule has 0 saturated heterocycles. The quantitative estimate of drug-likeness (QED) is 0.886. The monoisotopic (exact) mass is 323 g/mol. The second-order valence-corrected chi connectivity index (χ2v) is 4.60. The Bertz CT molecular complexity index is 617. The maximum Gasteiger partial charge on any atom is 0.127 e. The van der Waals surface area contributed by atoms with Crippen LogP contribution in [0.1, 0.15) is 5.56 Å². The van der Waals surface area contributed by atoms with Crippen molar-refractivity contribution in [2.75, 3.05) is 27.9 Å². The van der Waals surface area contributed by atoms with Gasteiger partial charge in [-0.3, -0.25) is 0 Å². The molecule has 0 atom stereocenters. The van der Waals surface area contributed by atoms with Gasteiger partial charge >= 0.3 is 0 Å². The van der Waals surface area contributed by atoms with Gasteiger partial charge in [-0.25, -0.2) is 0 Å². The molecule has 0 amide bonds. The minimum atomic E-state index is 0. The molecule has 0 spiro atoms. The molecule has 0 aliphatic carbocycles. The lowest BCUT2D eigenvalue weighted by Crippen LogP contribution is -2.05. The molecule has 0 heterocycles. The molecular formula is C17H22ClNO3. The number of rotatable bonds is 6. The first-order chi connectivity index (χ1) is 10.2. The van der Waals surface area contributed by atoms with E-state index in [2.05, 4.69) is 0 Å². The van der Waals surface area contributed by atoms with E-state index in [1.807, 2.05) is 36.4 Å². The zero-order chi connectivity index (χ0) is 15.2. The third-order valence-electron chi connectivity index (χ3n) is 3.41. The molecule has 0 saturated carbocycles. The predicted octanol–water partition coefficient (Wildman–Crippen LogP) is 3.30. The largest absolute Gasteiger partial charge is 0.496 e. The van der Waals surface area contributed by atoms with Crippen LogP contribution < -0.4 is 19.9 Å². The highest BCUT2D eigenvalue weighted by molar-refractivity contribution is 5.85. The average molecular weight is 324 g/mol. The van der Waals surface area contributed by atoms with Crippen molar-refractivity contribution >= 4 is 12.4 Å². The number of hydrogen-bond acceptors (Lipinski definition) is 4. The SMILES string of the molecule is COc1cc(-c2ccccc2OC)c(OC)cc1CCN.Cl. The van der Waals surface area contributed by atoms with Gasteiger partial charge in [-0.1, -0.05) is 18.2 Å². The van der Waals surface area contributed by atoms with Gasteiger partial charge in [0.05, 0.1) is 21.3 Å². The number of methoxy groups -OCH3 is 3. The topological polar surface area (TPSA) is 53.7 Å². The van der Waals surface area contributed by atoms with Crippen LogP contribution in [0.5, 0.6) is 17.2 Å². The summed E-state index contributed by atoms with van der Waals surface area (Å²) in [5.41, 5.74) is 8.60. The molecule has 0 unspecified atom stereocenters. The van der Waals surface area contributed by atoms with Crippen molar-refractivity contribution in [1.29, 1.82) is 0 Å². The first-order valence-corrected chi connectivity index (χ1v) is 6.83. The molecule has 0 aliphatic heterocycles. The molecule has 0 bridgehead atoms. The molecule has 0 aromatic heterocycles. The summed E-state index contributed by atoms with van der Waals surface area (Å²) in [7, 11) is 4.98. The van der Waals surface area contributed by atoms with Crippen molar-refractivity contribution in [3.63, 3.8) is 0 Å². The standard InChI is InChI=1S/C17H21NO3.ClH/c1-19-15-7-5-4-6-13(15)14-11-16(20-2)12(8-9-18)10-17(14)21-3;/h4-7,10-11H,8-9,18H2,1-3H3;1H. The van der Waals surface area contributed by atoms with Gasteiger partial charge in [0, 0.05) is 11.1 Å². The van der Waals surface area contributed by atoms with Crippen molar-refractivity contribution in [3.8, 4) is 28.4 Å². The Kier molecular flexibility index (Phi) is 7.02. The maximum absolute atomic E-state index is 5.65. The number of ether oxygens (including phenoxy) is 3. The van der Waals surface area contributed by atoms with Crippen LogP contribution in [0.3, 0.4) is 0 Å². The molecule has 0 radical (unpaired) electrons. The highest BCUT2D eigenvalue weighted by atomic mass is 35.5.